The van der Waals surface area contributed by atoms with Crippen LogP contribution >= 0.6 is 10.3 Å². The van der Waals surface area contributed by atoms with Crippen molar-refractivity contribution in [3.8, 4) is 5.75 Å². The third-order valence-electron chi connectivity index (χ3n) is 9.93. The molecule has 0 radical (unpaired) electrons. The molecule has 5 nitrogen and oxygen atoms in total. The third-order valence-corrected chi connectivity index (χ3v) is 15.2. The highest BCUT2D eigenvalue weighted by molar-refractivity contribution is 8.33. The maximum atomic E-state index is 14.3. The summed E-state index contributed by atoms with van der Waals surface area (Å²) in [7, 11) is -6.88. The maximum absolute atomic E-state index is 14.3. The van der Waals surface area contributed by atoms with Gasteiger partial charge in [0.05, 0.1) is 17.3 Å². The van der Waals surface area contributed by atoms with Gasteiger partial charge >= 0.3 is 0 Å². The van der Waals surface area contributed by atoms with Crippen LogP contribution in [0.4, 0.5) is 0 Å². The Balaban J connectivity index is 1.43. The lowest BCUT2D eigenvalue weighted by Crippen LogP contribution is -2.42. The van der Waals surface area contributed by atoms with Gasteiger partial charge in [0.15, 0.2) is 0 Å². The molecule has 0 aromatic heterocycles. The van der Waals surface area contributed by atoms with Crippen molar-refractivity contribution in [2.24, 2.45) is 16.7 Å². The van der Waals surface area contributed by atoms with Crippen molar-refractivity contribution in [1.82, 2.24) is 0 Å². The van der Waals surface area contributed by atoms with Gasteiger partial charge in [0, 0.05) is 21.1 Å². The first-order valence-corrected chi connectivity index (χ1v) is 18.0. The van der Waals surface area contributed by atoms with Gasteiger partial charge in [-0.05, 0) is 109 Å². The molecule has 41 heavy (non-hydrogen) atoms. The van der Waals surface area contributed by atoms with E-state index >= 15 is 0 Å². The van der Waals surface area contributed by atoms with Gasteiger partial charge in [0.25, 0.3) is 10.1 Å². The number of carbonyl (C=O) groups is 1. The summed E-state index contributed by atoms with van der Waals surface area (Å²) >= 11 is 0. The average Bonchev–Trinajstić information content (AvgIpc) is 3.32. The van der Waals surface area contributed by atoms with E-state index in [4.69, 9.17) is 8.37 Å². The SMILES string of the molecule is CC1(C)C2CCC1(CS(=O)(=O)OS(c1ccccc1)(c1ccccc1)c1ccc(OC3CCCCC3)cc1)C(=O)C2. The molecule has 2 unspecified atom stereocenters. The Morgan fingerprint density at radius 1 is 0.756 bits per heavy atom. The zero-order valence-electron chi connectivity index (χ0n) is 24.0. The lowest BCUT2D eigenvalue weighted by molar-refractivity contribution is -0.128. The van der Waals surface area contributed by atoms with Crippen LogP contribution in [-0.4, -0.2) is 26.1 Å². The fraction of sp³-hybridized carbons (Fsp3) is 0.441. The minimum absolute atomic E-state index is 0.0650. The first kappa shape index (κ1) is 28.5. The van der Waals surface area contributed by atoms with Crippen LogP contribution in [-0.2, 0) is 18.5 Å². The van der Waals surface area contributed by atoms with Gasteiger partial charge < -0.3 is 4.74 Å². The maximum Gasteiger partial charge on any atom is 0.278 e. The Labute approximate surface area is 246 Å². The predicted octanol–water partition coefficient (Wildman–Crippen LogP) is 8.34. The smallest absolute Gasteiger partial charge is 0.278 e. The number of rotatable bonds is 9. The molecule has 218 valence electrons. The summed E-state index contributed by atoms with van der Waals surface area (Å²) in [5, 5.41) is 0. The summed E-state index contributed by atoms with van der Waals surface area (Å²) in [4.78, 5) is 15.6. The first-order chi connectivity index (χ1) is 19.7. The van der Waals surface area contributed by atoms with E-state index in [1.807, 2.05) is 84.9 Å². The van der Waals surface area contributed by atoms with Crippen LogP contribution in [0.1, 0.15) is 65.2 Å². The summed E-state index contributed by atoms with van der Waals surface area (Å²) in [6, 6.07) is 27.1. The lowest BCUT2D eigenvalue weighted by atomic mass is 9.70. The molecular weight excluding hydrogens is 553 g/mol. The highest BCUT2D eigenvalue weighted by atomic mass is 32.3. The Morgan fingerprint density at radius 3 is 1.83 bits per heavy atom. The van der Waals surface area contributed by atoms with Crippen LogP contribution < -0.4 is 4.74 Å². The summed E-state index contributed by atoms with van der Waals surface area (Å²) in [5.41, 5.74) is -1.29. The summed E-state index contributed by atoms with van der Waals surface area (Å²) in [6.07, 6.45) is 7.90. The van der Waals surface area contributed by atoms with E-state index in [9.17, 15) is 13.2 Å². The second-order valence-corrected chi connectivity index (χ2v) is 16.9. The van der Waals surface area contributed by atoms with Crippen molar-refractivity contribution < 1.29 is 21.6 Å². The average molecular weight is 593 g/mol. The number of ether oxygens (including phenoxy) is 1. The predicted molar refractivity (Wildman–Crippen MR) is 163 cm³/mol. The second kappa shape index (κ2) is 10.9. The monoisotopic (exact) mass is 592 g/mol. The quantitative estimate of drug-likeness (QED) is 0.250. The van der Waals surface area contributed by atoms with E-state index in [2.05, 4.69) is 13.8 Å². The highest BCUT2D eigenvalue weighted by Crippen LogP contribution is 2.71. The van der Waals surface area contributed by atoms with Crippen LogP contribution in [0, 0.1) is 16.7 Å². The van der Waals surface area contributed by atoms with Crippen molar-refractivity contribution in [3.63, 3.8) is 0 Å². The molecule has 0 heterocycles. The zero-order valence-corrected chi connectivity index (χ0v) is 25.6. The molecule has 3 aromatic carbocycles. The van der Waals surface area contributed by atoms with E-state index in [-0.39, 0.29) is 29.0 Å². The van der Waals surface area contributed by atoms with Gasteiger partial charge in [-0.1, -0.05) is 56.7 Å². The largest absolute Gasteiger partial charge is 0.490 e. The van der Waals surface area contributed by atoms with E-state index in [0.717, 1.165) is 39.7 Å². The molecule has 0 N–H and O–H groups in total. The fourth-order valence-electron chi connectivity index (χ4n) is 7.43. The standard InChI is InChI=1S/C34H40O5S2/c1-33(2)26-22-23-34(33,32(35)24-26)25-40(36,37)39-41(29-14-8-4-9-15-29,30-16-10-5-11-17-30)31-20-18-28(19-21-31)38-27-12-6-3-7-13-27/h4-5,8-11,14-21,26-27H,3,6-7,12-13,22-25H2,1-2H3. The molecule has 6 rings (SSSR count). The van der Waals surface area contributed by atoms with Crippen LogP contribution in [0.3, 0.4) is 0 Å². The Bertz CT molecular complexity index is 1440. The molecule has 7 heteroatoms. The third kappa shape index (κ3) is 5.04. The van der Waals surface area contributed by atoms with E-state index in [1.165, 1.54) is 19.3 Å². The molecular formula is C34H40O5S2. The molecule has 2 atom stereocenters. The molecule has 0 amide bonds. The zero-order chi connectivity index (χ0) is 28.7. The molecule has 3 aromatic rings. The number of fused-ring (bicyclic) bond motifs is 2. The summed E-state index contributed by atoms with van der Waals surface area (Å²) in [5.74, 6) is 0.782. The lowest BCUT2D eigenvalue weighted by Gasteiger charge is -2.41. The number of carbonyl (C=O) groups excluding carboxylic acids is 1. The minimum atomic E-state index is -4.16. The molecule has 3 aliphatic rings. The normalized spacial score (nSPS) is 24.8. The van der Waals surface area contributed by atoms with E-state index in [1.54, 1.807) is 0 Å². The molecule has 0 aliphatic heterocycles. The Kier molecular flexibility index (Phi) is 7.58. The molecule has 3 aliphatic carbocycles. The summed E-state index contributed by atoms with van der Waals surface area (Å²) < 4.78 is 41.5. The molecule has 0 saturated heterocycles. The van der Waals surface area contributed by atoms with Crippen molar-refractivity contribution in [1.29, 1.82) is 0 Å². The van der Waals surface area contributed by atoms with Gasteiger partial charge in [-0.3, -0.25) is 4.79 Å². The van der Waals surface area contributed by atoms with Crippen molar-refractivity contribution >= 4 is 26.2 Å². The number of Topliss-reactive ketones (excluding diaryl/α,β-unsaturated/α-hetero) is 1. The van der Waals surface area contributed by atoms with Gasteiger partial charge in [-0.15, -0.1) is 0 Å². The first-order valence-electron chi connectivity index (χ1n) is 14.8. The summed E-state index contributed by atoms with van der Waals surface area (Å²) in [6.45, 7) is 4.12. The number of ketones is 1. The van der Waals surface area contributed by atoms with Crippen LogP contribution in [0.15, 0.2) is 99.6 Å². The molecule has 3 saturated carbocycles. The van der Waals surface area contributed by atoms with Crippen LogP contribution in [0.25, 0.3) is 0 Å². The number of hydrogen-bond donors (Lipinski definition) is 0. The van der Waals surface area contributed by atoms with E-state index < -0.39 is 25.8 Å². The van der Waals surface area contributed by atoms with Crippen molar-refractivity contribution in [3.05, 3.63) is 84.9 Å². The number of hydrogen-bond acceptors (Lipinski definition) is 5. The topological polar surface area (TPSA) is 69.7 Å². The van der Waals surface area contributed by atoms with E-state index in [0.29, 0.717) is 12.8 Å². The highest BCUT2D eigenvalue weighted by Gasteiger charge is 2.65. The van der Waals surface area contributed by atoms with Crippen molar-refractivity contribution in [2.75, 3.05) is 5.75 Å². The fourth-order valence-corrected chi connectivity index (χ4v) is 13.5. The van der Waals surface area contributed by atoms with Gasteiger partial charge in [-0.2, -0.15) is 8.42 Å². The molecule has 3 fully saturated rings. The van der Waals surface area contributed by atoms with Crippen LogP contribution in [0.2, 0.25) is 0 Å². The Morgan fingerprint density at radius 2 is 1.32 bits per heavy atom. The van der Waals surface area contributed by atoms with Crippen molar-refractivity contribution in [2.45, 2.75) is 86.0 Å². The second-order valence-electron chi connectivity index (χ2n) is 12.5. The Hall–Kier alpha value is -2.61. The van der Waals surface area contributed by atoms with Gasteiger partial charge in [-0.25, -0.2) is 3.63 Å². The van der Waals surface area contributed by atoms with Gasteiger partial charge in [0.1, 0.15) is 11.5 Å². The minimum Gasteiger partial charge on any atom is -0.490 e. The molecule has 0 spiro atoms. The van der Waals surface area contributed by atoms with Crippen LogP contribution in [0.5, 0.6) is 5.75 Å². The number of benzene rings is 3. The molecule has 2 bridgehead atoms. The van der Waals surface area contributed by atoms with Gasteiger partial charge in [0.2, 0.25) is 0 Å².